The summed E-state index contributed by atoms with van der Waals surface area (Å²) in [5.74, 6) is 0.650. The normalized spacial score (nSPS) is 14.4. The van der Waals surface area contributed by atoms with Gasteiger partial charge in [-0.25, -0.2) is 0 Å². The third kappa shape index (κ3) is 3.60. The number of carbonyl (C=O) groups excluding carboxylic acids is 1. The maximum Gasteiger partial charge on any atom is 0.251 e. The van der Waals surface area contributed by atoms with Crippen LogP contribution in [0.4, 0.5) is 5.69 Å². The lowest BCUT2D eigenvalue weighted by Crippen LogP contribution is -2.34. The summed E-state index contributed by atoms with van der Waals surface area (Å²) in [6, 6.07) is 17.1. The first-order valence-corrected chi connectivity index (χ1v) is 9.78. The lowest BCUT2D eigenvalue weighted by molar-refractivity contribution is 0.0931. The standard InChI is InChI=1S/C22H20BrN3O2/c1-28-18-8-4-15(5-9-18)21(27)26-22(10-11-22)16-6-2-14(3-7-16)20-19(24)12-17(23)13-25-20/h2-9,12-13H,10-11,24H2,1H3,(H,26,27). The van der Waals surface area contributed by atoms with Crippen LogP contribution in [0.25, 0.3) is 11.3 Å². The zero-order valence-corrected chi connectivity index (χ0v) is 17.0. The number of hydrogen-bond acceptors (Lipinski definition) is 4. The molecule has 1 aromatic heterocycles. The highest BCUT2D eigenvalue weighted by atomic mass is 79.9. The molecule has 3 N–H and O–H groups in total. The van der Waals surface area contributed by atoms with Crippen LogP contribution in [0.15, 0.2) is 65.3 Å². The van der Waals surface area contributed by atoms with Crippen molar-refractivity contribution in [1.29, 1.82) is 0 Å². The van der Waals surface area contributed by atoms with Crippen LogP contribution in [0.1, 0.15) is 28.8 Å². The van der Waals surface area contributed by atoms with Crippen molar-refractivity contribution in [3.05, 3.63) is 76.4 Å². The number of carbonyl (C=O) groups is 1. The molecule has 1 heterocycles. The van der Waals surface area contributed by atoms with Crippen molar-refractivity contribution in [2.24, 2.45) is 0 Å². The molecule has 1 saturated carbocycles. The Balaban J connectivity index is 1.52. The molecule has 5 nitrogen and oxygen atoms in total. The topological polar surface area (TPSA) is 77.2 Å². The van der Waals surface area contributed by atoms with Gasteiger partial charge in [-0.2, -0.15) is 0 Å². The van der Waals surface area contributed by atoms with E-state index < -0.39 is 0 Å². The Morgan fingerprint density at radius 2 is 1.82 bits per heavy atom. The van der Waals surface area contributed by atoms with Crippen molar-refractivity contribution >= 4 is 27.5 Å². The highest BCUT2D eigenvalue weighted by Gasteiger charge is 2.45. The number of nitrogens with two attached hydrogens (primary N) is 1. The van der Waals surface area contributed by atoms with Crippen LogP contribution in [-0.4, -0.2) is 18.0 Å². The summed E-state index contributed by atoms with van der Waals surface area (Å²) in [6.07, 6.45) is 3.58. The second-order valence-corrected chi connectivity index (χ2v) is 7.85. The van der Waals surface area contributed by atoms with Crippen molar-refractivity contribution in [1.82, 2.24) is 10.3 Å². The van der Waals surface area contributed by atoms with Crippen LogP contribution in [0.3, 0.4) is 0 Å². The number of rotatable bonds is 5. The molecule has 2 aromatic carbocycles. The molecule has 1 aliphatic carbocycles. The fraction of sp³-hybridized carbons (Fsp3) is 0.182. The van der Waals surface area contributed by atoms with Crippen LogP contribution in [0.5, 0.6) is 5.75 Å². The lowest BCUT2D eigenvalue weighted by Gasteiger charge is -2.19. The van der Waals surface area contributed by atoms with E-state index in [0.29, 0.717) is 11.3 Å². The number of ether oxygens (including phenoxy) is 1. The highest BCUT2D eigenvalue weighted by molar-refractivity contribution is 9.10. The van der Waals surface area contributed by atoms with Gasteiger partial charge in [-0.05, 0) is 64.7 Å². The summed E-state index contributed by atoms with van der Waals surface area (Å²) < 4.78 is 6.00. The third-order valence-corrected chi connectivity index (χ3v) is 5.48. The minimum Gasteiger partial charge on any atom is -0.497 e. The molecule has 0 atom stereocenters. The predicted molar refractivity (Wildman–Crippen MR) is 113 cm³/mol. The smallest absolute Gasteiger partial charge is 0.251 e. The van der Waals surface area contributed by atoms with E-state index in [-0.39, 0.29) is 11.4 Å². The number of nitrogens with zero attached hydrogens (tertiary/aromatic N) is 1. The molecular weight excluding hydrogens is 418 g/mol. The van der Waals surface area contributed by atoms with E-state index in [2.05, 4.69) is 26.2 Å². The Morgan fingerprint density at radius 3 is 2.39 bits per heavy atom. The number of amides is 1. The highest BCUT2D eigenvalue weighted by Crippen LogP contribution is 2.46. The molecular formula is C22H20BrN3O2. The van der Waals surface area contributed by atoms with Crippen LogP contribution in [0, 0.1) is 0 Å². The number of anilines is 1. The Bertz CT molecular complexity index is 1010. The zero-order valence-electron chi connectivity index (χ0n) is 15.4. The van der Waals surface area contributed by atoms with E-state index >= 15 is 0 Å². The van der Waals surface area contributed by atoms with Crippen molar-refractivity contribution in [3.63, 3.8) is 0 Å². The minimum atomic E-state index is -0.297. The molecule has 1 aliphatic rings. The maximum absolute atomic E-state index is 12.7. The number of methoxy groups -OCH3 is 1. The molecule has 1 amide bonds. The molecule has 1 fully saturated rings. The van der Waals surface area contributed by atoms with Crippen molar-refractivity contribution in [2.45, 2.75) is 18.4 Å². The molecule has 0 aliphatic heterocycles. The van der Waals surface area contributed by atoms with Crippen molar-refractivity contribution < 1.29 is 9.53 Å². The Kier molecular flexibility index (Phi) is 4.81. The second kappa shape index (κ2) is 7.28. The van der Waals surface area contributed by atoms with Gasteiger partial charge < -0.3 is 15.8 Å². The fourth-order valence-electron chi connectivity index (χ4n) is 3.29. The van der Waals surface area contributed by atoms with Crippen LogP contribution < -0.4 is 15.8 Å². The van der Waals surface area contributed by atoms with E-state index in [1.54, 1.807) is 37.6 Å². The number of nitrogens with one attached hydrogen (secondary N) is 1. The summed E-state index contributed by atoms with van der Waals surface area (Å²) in [4.78, 5) is 17.1. The van der Waals surface area contributed by atoms with Crippen molar-refractivity contribution in [2.75, 3.05) is 12.8 Å². The molecule has 0 bridgehead atoms. The second-order valence-electron chi connectivity index (χ2n) is 6.93. The average molecular weight is 438 g/mol. The third-order valence-electron chi connectivity index (χ3n) is 5.05. The van der Waals surface area contributed by atoms with E-state index in [1.807, 2.05) is 30.3 Å². The van der Waals surface area contributed by atoms with E-state index in [9.17, 15) is 4.79 Å². The van der Waals surface area contributed by atoms with Crippen molar-refractivity contribution in [3.8, 4) is 17.0 Å². The van der Waals surface area contributed by atoms with Gasteiger partial charge in [0.1, 0.15) is 5.75 Å². The largest absolute Gasteiger partial charge is 0.497 e. The SMILES string of the molecule is COc1ccc(C(=O)NC2(c3ccc(-c4ncc(Br)cc4N)cc3)CC2)cc1. The van der Waals surface area contributed by atoms with E-state index in [1.165, 1.54) is 0 Å². The minimum absolute atomic E-state index is 0.0805. The fourth-order valence-corrected chi connectivity index (χ4v) is 3.63. The Morgan fingerprint density at radius 1 is 1.14 bits per heavy atom. The average Bonchev–Trinajstić information content (AvgIpc) is 3.49. The first-order chi connectivity index (χ1) is 13.5. The van der Waals surface area contributed by atoms with Gasteiger partial charge in [-0.3, -0.25) is 9.78 Å². The number of benzene rings is 2. The first-order valence-electron chi connectivity index (χ1n) is 8.99. The number of halogens is 1. The number of aromatic nitrogens is 1. The lowest BCUT2D eigenvalue weighted by atomic mass is 10.0. The van der Waals surface area contributed by atoms with Gasteiger partial charge >= 0.3 is 0 Å². The summed E-state index contributed by atoms with van der Waals surface area (Å²) >= 11 is 3.38. The monoisotopic (exact) mass is 437 g/mol. The Hall–Kier alpha value is -2.86. The quantitative estimate of drug-likeness (QED) is 0.614. The zero-order chi connectivity index (χ0) is 19.7. The summed E-state index contributed by atoms with van der Waals surface area (Å²) in [7, 11) is 1.61. The number of hydrogen-bond donors (Lipinski definition) is 2. The molecule has 6 heteroatoms. The summed E-state index contributed by atoms with van der Waals surface area (Å²) in [5.41, 5.74) is 9.82. The molecule has 0 saturated heterocycles. The van der Waals surface area contributed by atoms with E-state index in [4.69, 9.17) is 10.5 Å². The first kappa shape index (κ1) is 18.5. The summed E-state index contributed by atoms with van der Waals surface area (Å²) in [5, 5.41) is 3.19. The van der Waals surface area contributed by atoms with E-state index in [0.717, 1.165) is 39.9 Å². The molecule has 3 aromatic rings. The van der Waals surface area contributed by atoms with Crippen LogP contribution in [0.2, 0.25) is 0 Å². The number of nitrogen functional groups attached to an aromatic ring is 1. The number of pyridine rings is 1. The molecule has 0 radical (unpaired) electrons. The molecule has 4 rings (SSSR count). The van der Waals surface area contributed by atoms with Gasteiger partial charge in [0, 0.05) is 21.8 Å². The molecule has 28 heavy (non-hydrogen) atoms. The van der Waals surface area contributed by atoms with Gasteiger partial charge in [-0.15, -0.1) is 0 Å². The van der Waals surface area contributed by atoms with Crippen LogP contribution >= 0.6 is 15.9 Å². The van der Waals surface area contributed by atoms with Gasteiger partial charge in [0.15, 0.2) is 0 Å². The Labute approximate surface area is 172 Å². The molecule has 142 valence electrons. The van der Waals surface area contributed by atoms with Gasteiger partial charge in [-0.1, -0.05) is 24.3 Å². The molecule has 0 unspecified atom stereocenters. The van der Waals surface area contributed by atoms with Crippen LogP contribution in [-0.2, 0) is 5.54 Å². The molecule has 0 spiro atoms. The van der Waals surface area contributed by atoms with Gasteiger partial charge in [0.25, 0.3) is 5.91 Å². The maximum atomic E-state index is 12.7. The van der Waals surface area contributed by atoms with Gasteiger partial charge in [0.2, 0.25) is 0 Å². The summed E-state index contributed by atoms with van der Waals surface area (Å²) in [6.45, 7) is 0. The predicted octanol–water partition coefficient (Wildman–Crippen LogP) is 4.52. The van der Waals surface area contributed by atoms with Gasteiger partial charge in [0.05, 0.1) is 24.0 Å².